The molecule has 1 saturated carbocycles. The highest BCUT2D eigenvalue weighted by atomic mass is 35.5. The summed E-state index contributed by atoms with van der Waals surface area (Å²) in [6.07, 6.45) is 3.17. The van der Waals surface area contributed by atoms with Gasteiger partial charge < -0.3 is 5.73 Å². The minimum Gasteiger partial charge on any atom is -0.329 e. The number of nitrogens with zero attached hydrogens (tertiary/aromatic N) is 1. The lowest BCUT2D eigenvalue weighted by atomic mass is 10.0. The largest absolute Gasteiger partial charge is 0.329 e. The van der Waals surface area contributed by atoms with E-state index >= 15 is 0 Å². The van der Waals surface area contributed by atoms with Crippen LogP contribution in [0.1, 0.15) is 25.7 Å². The highest BCUT2D eigenvalue weighted by molar-refractivity contribution is 7.89. The van der Waals surface area contributed by atoms with Crippen LogP contribution in [0.5, 0.6) is 0 Å². The van der Waals surface area contributed by atoms with Crippen LogP contribution in [0.3, 0.4) is 0 Å². The van der Waals surface area contributed by atoms with Crippen molar-refractivity contribution in [2.24, 2.45) is 5.73 Å². The van der Waals surface area contributed by atoms with Gasteiger partial charge in [0.1, 0.15) is 4.90 Å². The molecule has 0 aliphatic heterocycles. The van der Waals surface area contributed by atoms with E-state index in [1.165, 1.54) is 0 Å². The van der Waals surface area contributed by atoms with Crippen LogP contribution >= 0.6 is 24.0 Å². The van der Waals surface area contributed by atoms with Gasteiger partial charge in [0.05, 0.1) is 9.95 Å². The number of nitro benzene ring substituents is 1. The minimum atomic E-state index is -3.87. The first-order valence-corrected chi connectivity index (χ1v) is 8.34. The van der Waals surface area contributed by atoms with Crippen molar-refractivity contribution in [3.8, 4) is 0 Å². The molecule has 1 aliphatic rings. The van der Waals surface area contributed by atoms with E-state index in [-0.39, 0.29) is 34.6 Å². The molecule has 1 fully saturated rings. The Labute approximate surface area is 139 Å². The number of rotatable bonds is 5. The topological polar surface area (TPSA) is 115 Å². The number of non-ortho nitro benzene ring substituents is 1. The van der Waals surface area contributed by atoms with Crippen LogP contribution in [0, 0.1) is 10.1 Å². The maximum Gasteiger partial charge on any atom is 0.271 e. The SMILES string of the molecule is Cl.NCC1(NS(=O)(=O)c2ccc([N+](=O)[O-])cc2Cl)CCCC1. The van der Waals surface area contributed by atoms with Gasteiger partial charge in [0, 0.05) is 24.2 Å². The molecule has 0 heterocycles. The van der Waals surface area contributed by atoms with Crippen molar-refractivity contribution in [1.29, 1.82) is 0 Å². The van der Waals surface area contributed by atoms with Gasteiger partial charge in [-0.15, -0.1) is 12.4 Å². The third-order valence-corrected chi connectivity index (χ3v) is 5.78. The summed E-state index contributed by atoms with van der Waals surface area (Å²) >= 11 is 5.88. The van der Waals surface area contributed by atoms with E-state index in [0.29, 0.717) is 12.8 Å². The summed E-state index contributed by atoms with van der Waals surface area (Å²) in [5.41, 5.74) is 4.80. The maximum absolute atomic E-state index is 12.4. The van der Waals surface area contributed by atoms with Crippen LogP contribution in [0.25, 0.3) is 0 Å². The van der Waals surface area contributed by atoms with Crippen molar-refractivity contribution >= 4 is 39.7 Å². The molecule has 0 saturated heterocycles. The van der Waals surface area contributed by atoms with Gasteiger partial charge in [0.25, 0.3) is 5.69 Å². The second kappa shape index (κ2) is 7.10. The number of nitrogens with two attached hydrogens (primary N) is 1. The second-order valence-corrected chi connectivity index (χ2v) is 7.23. The second-order valence-electron chi connectivity index (χ2n) is 5.17. The van der Waals surface area contributed by atoms with Crippen LogP contribution in [0.2, 0.25) is 5.02 Å². The quantitative estimate of drug-likeness (QED) is 0.609. The fourth-order valence-electron chi connectivity index (χ4n) is 2.56. The predicted octanol–water partition coefficient (Wildman–Crippen LogP) is 2.22. The lowest BCUT2D eigenvalue weighted by molar-refractivity contribution is -0.384. The third-order valence-electron chi connectivity index (χ3n) is 3.72. The Bertz CT molecular complexity index is 660. The lowest BCUT2D eigenvalue weighted by Gasteiger charge is -2.28. The van der Waals surface area contributed by atoms with Gasteiger partial charge in [0.15, 0.2) is 0 Å². The third kappa shape index (κ3) is 3.88. The zero-order valence-electron chi connectivity index (χ0n) is 11.6. The molecule has 0 amide bonds. The summed E-state index contributed by atoms with van der Waals surface area (Å²) in [6, 6.07) is 3.28. The van der Waals surface area contributed by atoms with E-state index in [1.807, 2.05) is 0 Å². The first kappa shape index (κ1) is 19.1. The highest BCUT2D eigenvalue weighted by Gasteiger charge is 2.37. The van der Waals surface area contributed by atoms with E-state index < -0.39 is 20.5 Å². The molecule has 0 radical (unpaired) electrons. The predicted molar refractivity (Wildman–Crippen MR) is 85.9 cm³/mol. The molecule has 0 unspecified atom stereocenters. The Morgan fingerprint density at radius 1 is 1.36 bits per heavy atom. The van der Waals surface area contributed by atoms with E-state index in [0.717, 1.165) is 31.0 Å². The molecular formula is C12H17Cl2N3O4S. The summed E-state index contributed by atoms with van der Waals surface area (Å²) in [5, 5.41) is 10.5. The smallest absolute Gasteiger partial charge is 0.271 e. The Hall–Kier alpha value is -0.930. The first-order valence-electron chi connectivity index (χ1n) is 6.48. The number of nitro groups is 1. The molecular weight excluding hydrogens is 353 g/mol. The van der Waals surface area contributed by atoms with Crippen molar-refractivity contribution in [1.82, 2.24) is 4.72 Å². The molecule has 10 heteroatoms. The van der Waals surface area contributed by atoms with Gasteiger partial charge in [-0.2, -0.15) is 0 Å². The summed E-state index contributed by atoms with van der Waals surface area (Å²) < 4.78 is 27.5. The Balaban J connectivity index is 0.00000242. The van der Waals surface area contributed by atoms with Gasteiger partial charge in [-0.3, -0.25) is 10.1 Å². The van der Waals surface area contributed by atoms with E-state index in [1.54, 1.807) is 0 Å². The number of hydrogen-bond donors (Lipinski definition) is 2. The summed E-state index contributed by atoms with van der Waals surface area (Å²) in [6.45, 7) is 0.205. The van der Waals surface area contributed by atoms with E-state index in [2.05, 4.69) is 4.72 Å². The van der Waals surface area contributed by atoms with Crippen molar-refractivity contribution in [3.63, 3.8) is 0 Å². The van der Waals surface area contributed by atoms with Crippen molar-refractivity contribution in [2.45, 2.75) is 36.1 Å². The number of nitrogens with one attached hydrogen (secondary N) is 1. The Kier molecular flexibility index (Phi) is 6.17. The minimum absolute atomic E-state index is 0. The molecule has 7 nitrogen and oxygen atoms in total. The first-order chi connectivity index (χ1) is 9.80. The molecule has 0 aromatic heterocycles. The summed E-state index contributed by atoms with van der Waals surface area (Å²) in [7, 11) is -3.87. The average Bonchev–Trinajstić information content (AvgIpc) is 2.86. The molecule has 2 rings (SSSR count). The standard InChI is InChI=1S/C12H16ClN3O4S.ClH/c13-10-7-9(16(17)18)3-4-11(10)21(19,20)15-12(8-14)5-1-2-6-12;/h3-4,7,15H,1-2,5-6,8,14H2;1H. The van der Waals surface area contributed by atoms with E-state index in [4.69, 9.17) is 17.3 Å². The molecule has 0 spiro atoms. The van der Waals surface area contributed by atoms with Gasteiger partial charge in [-0.05, 0) is 18.9 Å². The fraction of sp³-hybridized carbons (Fsp3) is 0.500. The fourth-order valence-corrected chi connectivity index (χ4v) is 4.57. The van der Waals surface area contributed by atoms with Crippen LogP contribution in [-0.4, -0.2) is 25.4 Å². The molecule has 0 bridgehead atoms. The summed E-state index contributed by atoms with van der Waals surface area (Å²) in [4.78, 5) is 9.85. The van der Waals surface area contributed by atoms with Crippen molar-refractivity contribution in [3.05, 3.63) is 33.3 Å². The molecule has 22 heavy (non-hydrogen) atoms. The maximum atomic E-state index is 12.4. The van der Waals surface area contributed by atoms with Gasteiger partial charge in [-0.1, -0.05) is 24.4 Å². The van der Waals surface area contributed by atoms with E-state index in [9.17, 15) is 18.5 Å². The number of hydrogen-bond acceptors (Lipinski definition) is 5. The zero-order chi connectivity index (χ0) is 15.7. The van der Waals surface area contributed by atoms with Crippen LogP contribution in [0.4, 0.5) is 5.69 Å². The molecule has 1 aromatic carbocycles. The molecule has 124 valence electrons. The molecule has 1 aliphatic carbocycles. The zero-order valence-corrected chi connectivity index (χ0v) is 14.0. The average molecular weight is 370 g/mol. The molecule has 0 atom stereocenters. The number of benzene rings is 1. The monoisotopic (exact) mass is 369 g/mol. The number of halogens is 2. The Morgan fingerprint density at radius 2 is 1.95 bits per heavy atom. The molecule has 3 N–H and O–H groups in total. The highest BCUT2D eigenvalue weighted by Crippen LogP contribution is 2.32. The van der Waals surface area contributed by atoms with Gasteiger partial charge in [0.2, 0.25) is 10.0 Å². The normalized spacial score (nSPS) is 17.0. The van der Waals surface area contributed by atoms with Gasteiger partial charge >= 0.3 is 0 Å². The van der Waals surface area contributed by atoms with Crippen molar-refractivity contribution in [2.75, 3.05) is 6.54 Å². The van der Waals surface area contributed by atoms with Crippen LogP contribution in [0.15, 0.2) is 23.1 Å². The van der Waals surface area contributed by atoms with Crippen LogP contribution in [-0.2, 0) is 10.0 Å². The van der Waals surface area contributed by atoms with Gasteiger partial charge in [-0.25, -0.2) is 13.1 Å². The number of sulfonamides is 1. The van der Waals surface area contributed by atoms with Crippen molar-refractivity contribution < 1.29 is 13.3 Å². The summed E-state index contributed by atoms with van der Waals surface area (Å²) in [5.74, 6) is 0. The lowest BCUT2D eigenvalue weighted by Crippen LogP contribution is -2.51. The molecule has 1 aromatic rings. The van der Waals surface area contributed by atoms with Crippen LogP contribution < -0.4 is 10.5 Å². The Morgan fingerprint density at radius 3 is 2.41 bits per heavy atom.